The van der Waals surface area contributed by atoms with Gasteiger partial charge < -0.3 is 15.0 Å². The fourth-order valence-corrected chi connectivity index (χ4v) is 2.41. The molecule has 2 heterocycles. The minimum Gasteiger partial charge on any atom is -0.444 e. The van der Waals surface area contributed by atoms with Crippen molar-refractivity contribution < 1.29 is 14.5 Å². The van der Waals surface area contributed by atoms with Gasteiger partial charge in [-0.25, -0.2) is 9.78 Å². The third-order valence-electron chi connectivity index (χ3n) is 3.48. The van der Waals surface area contributed by atoms with Crippen LogP contribution < -0.4 is 5.32 Å². The number of carbonyl (C=O) groups is 1. The van der Waals surface area contributed by atoms with Crippen molar-refractivity contribution in [3.8, 4) is 0 Å². The van der Waals surface area contributed by atoms with Gasteiger partial charge in [0.1, 0.15) is 5.60 Å². The van der Waals surface area contributed by atoms with Crippen molar-refractivity contribution in [1.29, 1.82) is 0 Å². The number of hydrogen-bond donors (Lipinski definition) is 1. The highest BCUT2D eigenvalue weighted by atomic mass is 16.6. The third kappa shape index (κ3) is 4.80. The number of amides is 1. The monoisotopic (exact) mass is 322 g/mol. The maximum Gasteiger partial charge on any atom is 0.410 e. The molecule has 1 aromatic heterocycles. The first-order chi connectivity index (χ1) is 10.8. The highest BCUT2D eigenvalue weighted by molar-refractivity contribution is 5.68. The molecule has 0 saturated carbocycles. The molecular formula is C15H22N4O4. The predicted molar refractivity (Wildman–Crippen MR) is 85.3 cm³/mol. The molecule has 1 N–H and O–H groups in total. The van der Waals surface area contributed by atoms with Crippen LogP contribution in [0, 0.1) is 16.0 Å². The number of ether oxygens (including phenoxy) is 1. The molecule has 1 saturated heterocycles. The van der Waals surface area contributed by atoms with Gasteiger partial charge in [0, 0.05) is 31.9 Å². The zero-order valence-electron chi connectivity index (χ0n) is 13.6. The summed E-state index contributed by atoms with van der Waals surface area (Å²) in [6, 6.07) is 2.94. The van der Waals surface area contributed by atoms with Crippen LogP contribution in [0.4, 0.5) is 16.3 Å². The molecule has 1 atom stereocenters. The van der Waals surface area contributed by atoms with E-state index < -0.39 is 10.5 Å². The Morgan fingerprint density at radius 2 is 2.30 bits per heavy atom. The van der Waals surface area contributed by atoms with Crippen molar-refractivity contribution in [1.82, 2.24) is 9.88 Å². The van der Waals surface area contributed by atoms with Crippen LogP contribution in [0.15, 0.2) is 18.3 Å². The molecule has 1 aliphatic rings. The van der Waals surface area contributed by atoms with Gasteiger partial charge in [0.05, 0.1) is 4.92 Å². The largest absolute Gasteiger partial charge is 0.444 e. The van der Waals surface area contributed by atoms with Crippen molar-refractivity contribution in [2.24, 2.45) is 5.92 Å². The smallest absolute Gasteiger partial charge is 0.410 e. The Labute approximate surface area is 135 Å². The second kappa shape index (κ2) is 6.80. The van der Waals surface area contributed by atoms with Crippen LogP contribution in [-0.4, -0.2) is 46.1 Å². The lowest BCUT2D eigenvalue weighted by Crippen LogP contribution is -2.35. The Morgan fingerprint density at radius 3 is 2.96 bits per heavy atom. The van der Waals surface area contributed by atoms with Gasteiger partial charge in [0.15, 0.2) is 0 Å². The SMILES string of the molecule is CC(C)(C)OC(=O)N1CCC(CNc2ncccc2[N+](=O)[O-])C1. The molecule has 0 aromatic carbocycles. The van der Waals surface area contributed by atoms with Gasteiger partial charge in [0.25, 0.3) is 0 Å². The number of likely N-dealkylation sites (tertiary alicyclic amines) is 1. The maximum absolute atomic E-state index is 12.0. The molecule has 1 aliphatic heterocycles. The molecule has 2 rings (SSSR count). The lowest BCUT2D eigenvalue weighted by atomic mass is 10.1. The summed E-state index contributed by atoms with van der Waals surface area (Å²) in [4.78, 5) is 28.2. The van der Waals surface area contributed by atoms with E-state index >= 15 is 0 Å². The Balaban J connectivity index is 1.87. The number of nitro groups is 1. The molecule has 126 valence electrons. The summed E-state index contributed by atoms with van der Waals surface area (Å²) in [5.74, 6) is 0.470. The first-order valence-corrected chi connectivity index (χ1v) is 7.57. The topological polar surface area (TPSA) is 97.6 Å². The zero-order valence-corrected chi connectivity index (χ0v) is 13.6. The van der Waals surface area contributed by atoms with Crippen LogP contribution in [0.3, 0.4) is 0 Å². The first-order valence-electron chi connectivity index (χ1n) is 7.57. The molecule has 23 heavy (non-hydrogen) atoms. The van der Waals surface area contributed by atoms with Gasteiger partial charge in [-0.15, -0.1) is 0 Å². The standard InChI is InChI=1S/C15H22N4O4/c1-15(2,3)23-14(20)18-8-6-11(10-18)9-17-13-12(19(21)22)5-4-7-16-13/h4-5,7,11H,6,8-10H2,1-3H3,(H,16,17). The number of nitrogens with zero attached hydrogens (tertiary/aromatic N) is 3. The Hall–Kier alpha value is -2.38. The van der Waals surface area contributed by atoms with Crippen molar-refractivity contribution in [3.05, 3.63) is 28.4 Å². The molecule has 8 heteroatoms. The number of aromatic nitrogens is 1. The van der Waals surface area contributed by atoms with Gasteiger partial charge in [-0.05, 0) is 39.2 Å². The number of pyridine rings is 1. The second-order valence-corrected chi connectivity index (χ2v) is 6.59. The van der Waals surface area contributed by atoms with E-state index in [0.29, 0.717) is 19.6 Å². The average Bonchev–Trinajstić information content (AvgIpc) is 2.92. The molecular weight excluding hydrogens is 300 g/mol. The second-order valence-electron chi connectivity index (χ2n) is 6.59. The van der Waals surface area contributed by atoms with Crippen molar-refractivity contribution in [2.75, 3.05) is 25.0 Å². The van der Waals surface area contributed by atoms with Crippen LogP contribution in [0.5, 0.6) is 0 Å². The highest BCUT2D eigenvalue weighted by Crippen LogP contribution is 2.23. The number of hydrogen-bond acceptors (Lipinski definition) is 6. The molecule has 1 unspecified atom stereocenters. The van der Waals surface area contributed by atoms with Crippen LogP contribution in [0.1, 0.15) is 27.2 Å². The van der Waals surface area contributed by atoms with Crippen LogP contribution in [0.25, 0.3) is 0 Å². The summed E-state index contributed by atoms with van der Waals surface area (Å²) in [5.41, 5.74) is -0.559. The number of rotatable bonds is 4. The molecule has 1 amide bonds. The van der Waals surface area contributed by atoms with Gasteiger partial charge in [-0.1, -0.05) is 0 Å². The molecule has 0 aliphatic carbocycles. The van der Waals surface area contributed by atoms with Crippen LogP contribution in [-0.2, 0) is 4.74 Å². The van der Waals surface area contributed by atoms with E-state index in [9.17, 15) is 14.9 Å². The van der Waals surface area contributed by atoms with Crippen LogP contribution in [0.2, 0.25) is 0 Å². The third-order valence-corrected chi connectivity index (χ3v) is 3.48. The highest BCUT2D eigenvalue weighted by Gasteiger charge is 2.30. The van der Waals surface area contributed by atoms with E-state index in [1.807, 2.05) is 20.8 Å². The number of carbonyl (C=O) groups excluding carboxylic acids is 1. The van der Waals surface area contributed by atoms with Crippen molar-refractivity contribution in [3.63, 3.8) is 0 Å². The Bertz CT molecular complexity index is 585. The number of nitrogens with one attached hydrogen (secondary N) is 1. The van der Waals surface area contributed by atoms with Gasteiger partial charge in [0.2, 0.25) is 5.82 Å². The molecule has 8 nitrogen and oxygen atoms in total. The minimum absolute atomic E-state index is 0.0468. The summed E-state index contributed by atoms with van der Waals surface area (Å²) in [5, 5.41) is 14.0. The first kappa shape index (κ1) is 17.0. The average molecular weight is 322 g/mol. The lowest BCUT2D eigenvalue weighted by Gasteiger charge is -2.24. The molecule has 0 radical (unpaired) electrons. The summed E-state index contributed by atoms with van der Waals surface area (Å²) in [6.07, 6.45) is 2.02. The fraction of sp³-hybridized carbons (Fsp3) is 0.600. The maximum atomic E-state index is 12.0. The summed E-state index contributed by atoms with van der Waals surface area (Å²) < 4.78 is 5.35. The molecule has 1 fully saturated rings. The molecule has 1 aromatic rings. The molecule has 0 spiro atoms. The normalized spacial score (nSPS) is 17.9. The van der Waals surface area contributed by atoms with Gasteiger partial charge in [-0.3, -0.25) is 10.1 Å². The van der Waals surface area contributed by atoms with Crippen molar-refractivity contribution in [2.45, 2.75) is 32.8 Å². The Kier molecular flexibility index (Phi) is 5.02. The summed E-state index contributed by atoms with van der Waals surface area (Å²) in [6.45, 7) is 7.23. The predicted octanol–water partition coefficient (Wildman–Crippen LogP) is 2.66. The van der Waals surface area contributed by atoms with E-state index in [-0.39, 0.29) is 23.5 Å². The fourth-order valence-electron chi connectivity index (χ4n) is 2.41. The number of anilines is 1. The quantitative estimate of drug-likeness (QED) is 0.676. The van der Waals surface area contributed by atoms with Crippen LogP contribution >= 0.6 is 0 Å². The van der Waals surface area contributed by atoms with Gasteiger partial charge >= 0.3 is 11.8 Å². The Morgan fingerprint density at radius 1 is 1.57 bits per heavy atom. The van der Waals surface area contributed by atoms with E-state index in [1.54, 1.807) is 4.90 Å². The molecule has 0 bridgehead atoms. The summed E-state index contributed by atoms with van der Waals surface area (Å²) >= 11 is 0. The summed E-state index contributed by atoms with van der Waals surface area (Å²) in [7, 11) is 0. The minimum atomic E-state index is -0.512. The van der Waals surface area contributed by atoms with Crippen molar-refractivity contribution >= 4 is 17.6 Å². The van der Waals surface area contributed by atoms with E-state index in [2.05, 4.69) is 10.3 Å². The zero-order chi connectivity index (χ0) is 17.0. The van der Waals surface area contributed by atoms with Gasteiger partial charge in [-0.2, -0.15) is 0 Å². The van der Waals surface area contributed by atoms with E-state index in [0.717, 1.165) is 6.42 Å². The van der Waals surface area contributed by atoms with E-state index in [1.165, 1.54) is 18.3 Å². The lowest BCUT2D eigenvalue weighted by molar-refractivity contribution is -0.384. The van der Waals surface area contributed by atoms with E-state index in [4.69, 9.17) is 4.74 Å².